The van der Waals surface area contributed by atoms with E-state index in [1.807, 2.05) is 12.1 Å². The van der Waals surface area contributed by atoms with E-state index in [0.29, 0.717) is 24.2 Å². The Labute approximate surface area is 166 Å². The van der Waals surface area contributed by atoms with Crippen molar-refractivity contribution in [2.45, 2.75) is 51.0 Å². The quantitative estimate of drug-likeness (QED) is 0.731. The second kappa shape index (κ2) is 7.33. The van der Waals surface area contributed by atoms with E-state index in [9.17, 15) is 13.2 Å². The Balaban J connectivity index is 1.91. The number of sulfonamides is 1. The number of carbonyl (C=O) groups excluding carboxylic acids is 1. The predicted molar refractivity (Wildman–Crippen MR) is 106 cm³/mol. The van der Waals surface area contributed by atoms with Crippen LogP contribution in [0.3, 0.4) is 0 Å². The van der Waals surface area contributed by atoms with Gasteiger partial charge in [0, 0.05) is 32.1 Å². The van der Waals surface area contributed by atoms with Crippen molar-refractivity contribution in [1.29, 1.82) is 0 Å². The number of nitrogens with zero attached hydrogens (tertiary/aromatic N) is 3. The van der Waals surface area contributed by atoms with E-state index in [4.69, 9.17) is 4.74 Å². The normalized spacial score (nSPS) is 15.3. The Hall–Kier alpha value is -2.19. The van der Waals surface area contributed by atoms with Crippen LogP contribution in [0, 0.1) is 0 Å². The van der Waals surface area contributed by atoms with Gasteiger partial charge in [-0.2, -0.15) is 9.40 Å². The second-order valence-electron chi connectivity index (χ2n) is 7.98. The zero-order valence-electron chi connectivity index (χ0n) is 17.0. The van der Waals surface area contributed by atoms with Crippen LogP contribution in [-0.4, -0.2) is 41.6 Å². The third-order valence-electron chi connectivity index (χ3n) is 4.99. The third-order valence-corrected chi connectivity index (χ3v) is 6.85. The minimum atomic E-state index is -3.67. The Morgan fingerprint density at radius 3 is 2.43 bits per heavy atom. The summed E-state index contributed by atoms with van der Waals surface area (Å²) < 4.78 is 34.3. The minimum Gasteiger partial charge on any atom is -0.461 e. The topological polar surface area (TPSA) is 81.5 Å². The van der Waals surface area contributed by atoms with Crippen LogP contribution in [0.25, 0.3) is 0 Å². The first kappa shape index (κ1) is 20.5. The van der Waals surface area contributed by atoms with E-state index in [-0.39, 0.29) is 23.5 Å². The van der Waals surface area contributed by atoms with Gasteiger partial charge < -0.3 is 4.74 Å². The molecular weight excluding hydrogens is 378 g/mol. The molecule has 1 aromatic carbocycles. The maximum Gasteiger partial charge on any atom is 0.356 e. The summed E-state index contributed by atoms with van der Waals surface area (Å²) in [5.41, 5.74) is 2.72. The molecule has 2 aromatic rings. The van der Waals surface area contributed by atoms with Crippen molar-refractivity contribution in [3.63, 3.8) is 0 Å². The molecule has 1 aliphatic rings. The summed E-state index contributed by atoms with van der Waals surface area (Å²) in [6, 6.07) is 7.02. The van der Waals surface area contributed by atoms with E-state index in [1.54, 1.807) is 26.1 Å². The van der Waals surface area contributed by atoms with Crippen molar-refractivity contribution in [1.82, 2.24) is 14.1 Å². The molecule has 0 N–H and O–H groups in total. The van der Waals surface area contributed by atoms with Gasteiger partial charge in [-0.05, 0) is 30.0 Å². The predicted octanol–water partition coefficient (Wildman–Crippen LogP) is 2.64. The molecule has 0 radical (unpaired) electrons. The molecule has 0 saturated heterocycles. The fourth-order valence-electron chi connectivity index (χ4n) is 3.41. The Bertz CT molecular complexity index is 986. The van der Waals surface area contributed by atoms with Crippen molar-refractivity contribution in [3.05, 3.63) is 46.8 Å². The van der Waals surface area contributed by atoms with Crippen LogP contribution >= 0.6 is 0 Å². The van der Waals surface area contributed by atoms with E-state index in [0.717, 1.165) is 11.3 Å². The van der Waals surface area contributed by atoms with Gasteiger partial charge >= 0.3 is 5.97 Å². The highest BCUT2D eigenvalue weighted by molar-refractivity contribution is 7.89. The zero-order chi connectivity index (χ0) is 20.7. The Morgan fingerprint density at radius 1 is 1.21 bits per heavy atom. The molecular formula is C20H27N3O4S. The zero-order valence-corrected chi connectivity index (χ0v) is 17.8. The first-order chi connectivity index (χ1) is 13.1. The summed E-state index contributed by atoms with van der Waals surface area (Å²) in [7, 11) is -1.99. The smallest absolute Gasteiger partial charge is 0.356 e. The molecule has 0 amide bonds. The molecule has 152 valence electrons. The van der Waals surface area contributed by atoms with E-state index < -0.39 is 16.0 Å². The van der Waals surface area contributed by atoms with Gasteiger partial charge in [-0.15, -0.1) is 0 Å². The number of aryl methyl sites for hydroxylation is 1. The van der Waals surface area contributed by atoms with Crippen LogP contribution in [0.1, 0.15) is 55.0 Å². The number of hydrogen-bond acceptors (Lipinski definition) is 5. The van der Waals surface area contributed by atoms with Crippen LogP contribution in [0.5, 0.6) is 0 Å². The maximum absolute atomic E-state index is 13.2. The van der Waals surface area contributed by atoms with E-state index >= 15 is 0 Å². The summed E-state index contributed by atoms with van der Waals surface area (Å²) in [6.45, 7) is 8.68. The molecule has 1 aliphatic heterocycles. The molecule has 0 aliphatic carbocycles. The number of esters is 1. The van der Waals surface area contributed by atoms with Crippen LogP contribution in [0.2, 0.25) is 0 Å². The highest BCUT2D eigenvalue weighted by Crippen LogP contribution is 2.29. The van der Waals surface area contributed by atoms with Gasteiger partial charge in [0.05, 0.1) is 17.2 Å². The molecule has 2 heterocycles. The molecule has 0 fully saturated rings. The summed E-state index contributed by atoms with van der Waals surface area (Å²) in [5, 5.41) is 4.38. The first-order valence-corrected chi connectivity index (χ1v) is 10.8. The average Bonchev–Trinajstić information content (AvgIpc) is 2.96. The van der Waals surface area contributed by atoms with Gasteiger partial charge in [-0.3, -0.25) is 4.68 Å². The van der Waals surface area contributed by atoms with Crippen LogP contribution in [0.15, 0.2) is 29.2 Å². The SMILES string of the molecule is CCOC(=O)c1c2c(nn1C)CCN(S(=O)(=O)c1ccc(C(C)(C)C)cc1)C2. The standard InChI is InChI=1S/C20H27N3O4S/c1-6-27-19(24)18-16-13-23(12-11-17(16)21-22(18)5)28(25,26)15-9-7-14(8-10-15)20(2,3)4/h7-10H,6,11-13H2,1-5H3. The van der Waals surface area contributed by atoms with Gasteiger partial charge in [0.1, 0.15) is 0 Å². The van der Waals surface area contributed by atoms with Gasteiger partial charge in [0.15, 0.2) is 5.69 Å². The van der Waals surface area contributed by atoms with Gasteiger partial charge in [0.2, 0.25) is 10.0 Å². The fraction of sp³-hybridized carbons (Fsp3) is 0.500. The summed E-state index contributed by atoms with van der Waals surface area (Å²) >= 11 is 0. The molecule has 1 aromatic heterocycles. The molecule has 0 spiro atoms. The number of rotatable bonds is 4. The van der Waals surface area contributed by atoms with Gasteiger partial charge in [-0.1, -0.05) is 32.9 Å². The molecule has 3 rings (SSSR count). The number of carbonyl (C=O) groups is 1. The number of hydrogen-bond donors (Lipinski definition) is 0. The molecule has 0 bridgehead atoms. The van der Waals surface area contributed by atoms with E-state index in [2.05, 4.69) is 25.9 Å². The molecule has 0 unspecified atom stereocenters. The fourth-order valence-corrected chi connectivity index (χ4v) is 4.82. The van der Waals surface area contributed by atoms with Gasteiger partial charge in [0.25, 0.3) is 0 Å². The third kappa shape index (κ3) is 3.71. The van der Waals surface area contributed by atoms with Gasteiger partial charge in [-0.25, -0.2) is 13.2 Å². The van der Waals surface area contributed by atoms with Crippen LogP contribution in [0.4, 0.5) is 0 Å². The van der Waals surface area contributed by atoms with Crippen molar-refractivity contribution in [2.75, 3.05) is 13.2 Å². The molecule has 8 heteroatoms. The number of aromatic nitrogens is 2. The average molecular weight is 406 g/mol. The van der Waals surface area contributed by atoms with E-state index in [1.165, 1.54) is 8.99 Å². The van der Waals surface area contributed by atoms with Crippen molar-refractivity contribution >= 4 is 16.0 Å². The lowest BCUT2D eigenvalue weighted by Gasteiger charge is -2.26. The highest BCUT2D eigenvalue weighted by atomic mass is 32.2. The first-order valence-electron chi connectivity index (χ1n) is 9.38. The largest absolute Gasteiger partial charge is 0.461 e. The maximum atomic E-state index is 13.2. The molecule has 7 nitrogen and oxygen atoms in total. The van der Waals surface area contributed by atoms with Crippen molar-refractivity contribution < 1.29 is 17.9 Å². The molecule has 28 heavy (non-hydrogen) atoms. The van der Waals surface area contributed by atoms with Crippen molar-refractivity contribution in [3.8, 4) is 0 Å². The minimum absolute atomic E-state index is 0.0490. The summed E-state index contributed by atoms with van der Waals surface area (Å²) in [6.07, 6.45) is 0.460. The monoisotopic (exact) mass is 405 g/mol. The lowest BCUT2D eigenvalue weighted by atomic mass is 9.87. The second-order valence-corrected chi connectivity index (χ2v) is 9.92. The number of fused-ring (bicyclic) bond motifs is 1. The summed E-state index contributed by atoms with van der Waals surface area (Å²) in [4.78, 5) is 12.6. The van der Waals surface area contributed by atoms with Crippen molar-refractivity contribution in [2.24, 2.45) is 7.05 Å². The lowest BCUT2D eigenvalue weighted by molar-refractivity contribution is 0.0511. The van der Waals surface area contributed by atoms with Crippen LogP contribution in [-0.2, 0) is 40.2 Å². The molecule has 0 atom stereocenters. The summed E-state index contributed by atoms with van der Waals surface area (Å²) in [5.74, 6) is -0.479. The lowest BCUT2D eigenvalue weighted by Crippen LogP contribution is -2.36. The number of ether oxygens (including phenoxy) is 1. The van der Waals surface area contributed by atoms with Crippen LogP contribution < -0.4 is 0 Å². The Kier molecular flexibility index (Phi) is 5.38. The molecule has 0 saturated carbocycles. The Morgan fingerprint density at radius 2 is 1.86 bits per heavy atom. The highest BCUT2D eigenvalue weighted by Gasteiger charge is 2.34. The number of benzene rings is 1.